The summed E-state index contributed by atoms with van der Waals surface area (Å²) in [5.41, 5.74) is 1.17. The Balaban J connectivity index is 1.75. The molecule has 126 valence electrons. The van der Waals surface area contributed by atoms with E-state index in [0.29, 0.717) is 23.0 Å². The summed E-state index contributed by atoms with van der Waals surface area (Å²) in [6, 6.07) is 7.01. The lowest BCUT2D eigenvalue weighted by molar-refractivity contribution is 0.0994. The summed E-state index contributed by atoms with van der Waals surface area (Å²) in [5, 5.41) is 2.86. The molecule has 1 aliphatic carbocycles. The molecule has 1 aliphatic rings. The average molecular weight is 325 g/mol. The van der Waals surface area contributed by atoms with E-state index >= 15 is 0 Å². The minimum Gasteiger partial charge on any atom is -0.474 e. The zero-order valence-corrected chi connectivity index (χ0v) is 13.9. The van der Waals surface area contributed by atoms with Gasteiger partial charge in [0.15, 0.2) is 0 Å². The average Bonchev–Trinajstić information content (AvgIpc) is 3.15. The third-order valence-corrected chi connectivity index (χ3v) is 4.54. The fourth-order valence-corrected chi connectivity index (χ4v) is 3.28. The second-order valence-electron chi connectivity index (χ2n) is 6.16. The van der Waals surface area contributed by atoms with Gasteiger partial charge in [0, 0.05) is 24.3 Å². The van der Waals surface area contributed by atoms with Crippen molar-refractivity contribution in [2.75, 3.05) is 5.32 Å². The van der Waals surface area contributed by atoms with Crippen molar-refractivity contribution >= 4 is 11.6 Å². The predicted octanol–water partition coefficient (Wildman–Crippen LogP) is 4.08. The molecule has 5 nitrogen and oxygen atoms in total. The van der Waals surface area contributed by atoms with Crippen molar-refractivity contribution < 1.29 is 9.53 Å². The van der Waals surface area contributed by atoms with Gasteiger partial charge in [0.1, 0.15) is 11.7 Å². The maximum absolute atomic E-state index is 12.6. The third kappa shape index (κ3) is 3.91. The molecule has 0 bridgehead atoms. The third-order valence-electron chi connectivity index (χ3n) is 4.54. The van der Waals surface area contributed by atoms with Crippen molar-refractivity contribution in [2.45, 2.75) is 45.1 Å². The van der Waals surface area contributed by atoms with Crippen molar-refractivity contribution in [1.29, 1.82) is 0 Å². The first-order chi connectivity index (χ1) is 11.8. The molecule has 2 heterocycles. The monoisotopic (exact) mass is 325 g/mol. The van der Waals surface area contributed by atoms with Gasteiger partial charge in [-0.05, 0) is 49.4 Å². The maximum Gasteiger partial charge on any atom is 0.261 e. The van der Waals surface area contributed by atoms with E-state index in [1.54, 1.807) is 42.9 Å². The van der Waals surface area contributed by atoms with Crippen LogP contribution in [0.4, 0.5) is 5.69 Å². The summed E-state index contributed by atoms with van der Waals surface area (Å²) in [6.45, 7) is 2.13. The molecule has 1 saturated carbocycles. The number of rotatable bonds is 6. The number of carbonyl (C=O) groups is 1. The van der Waals surface area contributed by atoms with Gasteiger partial charge in [-0.2, -0.15) is 0 Å². The lowest BCUT2D eigenvalue weighted by Gasteiger charge is -2.23. The van der Waals surface area contributed by atoms with E-state index in [9.17, 15) is 4.79 Å². The van der Waals surface area contributed by atoms with Crippen LogP contribution >= 0.6 is 0 Å². The van der Waals surface area contributed by atoms with E-state index in [2.05, 4.69) is 22.2 Å². The van der Waals surface area contributed by atoms with Crippen LogP contribution in [0.25, 0.3) is 0 Å². The molecule has 5 heteroatoms. The number of nitrogens with one attached hydrogen (secondary N) is 1. The lowest BCUT2D eigenvalue weighted by Crippen LogP contribution is -2.26. The molecule has 0 spiro atoms. The normalized spacial score (nSPS) is 15.9. The Kier molecular flexibility index (Phi) is 5.41. The van der Waals surface area contributed by atoms with Gasteiger partial charge in [-0.1, -0.05) is 19.8 Å². The summed E-state index contributed by atoms with van der Waals surface area (Å²) < 4.78 is 6.15. The van der Waals surface area contributed by atoms with E-state index in [-0.39, 0.29) is 12.0 Å². The van der Waals surface area contributed by atoms with Crippen molar-refractivity contribution in [3.8, 4) is 5.88 Å². The van der Waals surface area contributed by atoms with Crippen LogP contribution in [0.1, 0.15) is 49.4 Å². The van der Waals surface area contributed by atoms with Crippen molar-refractivity contribution in [3.05, 3.63) is 48.4 Å². The standard InChI is InChI=1S/C19H23N3O2/c1-2-17(14-6-3-4-7-14)24-19-16(8-5-11-21-19)18(23)22-15-9-12-20-13-10-15/h5,8-14,17H,2-4,6-7H2,1H3,(H,20,22,23)/t17-/m0/s1. The van der Waals surface area contributed by atoms with Crippen LogP contribution in [0.5, 0.6) is 5.88 Å². The molecule has 1 fully saturated rings. The Morgan fingerprint density at radius 3 is 2.71 bits per heavy atom. The van der Waals surface area contributed by atoms with E-state index in [1.807, 2.05) is 0 Å². The molecule has 1 amide bonds. The first-order valence-corrected chi connectivity index (χ1v) is 8.61. The molecule has 3 rings (SSSR count). The minimum absolute atomic E-state index is 0.120. The molecule has 1 N–H and O–H groups in total. The topological polar surface area (TPSA) is 64.1 Å². The molecule has 0 aliphatic heterocycles. The highest BCUT2D eigenvalue weighted by atomic mass is 16.5. The molecule has 0 saturated heterocycles. The van der Waals surface area contributed by atoms with Crippen molar-refractivity contribution in [2.24, 2.45) is 5.92 Å². The highest BCUT2D eigenvalue weighted by molar-refractivity contribution is 6.05. The second kappa shape index (κ2) is 7.90. The Bertz CT molecular complexity index is 669. The Hall–Kier alpha value is -2.43. The highest BCUT2D eigenvalue weighted by Gasteiger charge is 2.27. The Morgan fingerprint density at radius 1 is 1.25 bits per heavy atom. The molecule has 2 aromatic heterocycles. The number of aromatic nitrogens is 2. The summed E-state index contributed by atoms with van der Waals surface area (Å²) >= 11 is 0. The highest BCUT2D eigenvalue weighted by Crippen LogP contribution is 2.32. The Morgan fingerprint density at radius 2 is 2.00 bits per heavy atom. The molecule has 1 atom stereocenters. The van der Waals surface area contributed by atoms with Gasteiger partial charge >= 0.3 is 0 Å². The van der Waals surface area contributed by atoms with Gasteiger partial charge in [-0.15, -0.1) is 0 Å². The second-order valence-corrected chi connectivity index (χ2v) is 6.16. The zero-order valence-electron chi connectivity index (χ0n) is 13.9. The van der Waals surface area contributed by atoms with Gasteiger partial charge in [-0.25, -0.2) is 4.98 Å². The number of hydrogen-bond acceptors (Lipinski definition) is 4. The first kappa shape index (κ1) is 16.4. The number of ether oxygens (including phenoxy) is 1. The van der Waals surface area contributed by atoms with Gasteiger partial charge in [0.25, 0.3) is 5.91 Å². The molecule has 24 heavy (non-hydrogen) atoms. The van der Waals surface area contributed by atoms with Gasteiger partial charge in [0.2, 0.25) is 5.88 Å². The lowest BCUT2D eigenvalue weighted by atomic mass is 9.99. The quantitative estimate of drug-likeness (QED) is 0.869. The number of pyridine rings is 2. The van der Waals surface area contributed by atoms with Crippen LogP contribution in [0.15, 0.2) is 42.9 Å². The minimum atomic E-state index is -0.217. The van der Waals surface area contributed by atoms with Crippen LogP contribution in [-0.2, 0) is 0 Å². The smallest absolute Gasteiger partial charge is 0.261 e. The Labute approximate surface area is 142 Å². The number of carbonyl (C=O) groups excluding carboxylic acids is 1. The summed E-state index contributed by atoms with van der Waals surface area (Å²) in [6.07, 6.45) is 10.9. The van der Waals surface area contributed by atoms with Gasteiger partial charge < -0.3 is 10.1 Å². The number of anilines is 1. The van der Waals surface area contributed by atoms with Crippen LogP contribution < -0.4 is 10.1 Å². The van der Waals surface area contributed by atoms with Crippen molar-refractivity contribution in [3.63, 3.8) is 0 Å². The summed E-state index contributed by atoms with van der Waals surface area (Å²) in [7, 11) is 0. The van der Waals surface area contributed by atoms with E-state index in [4.69, 9.17) is 4.74 Å². The van der Waals surface area contributed by atoms with Gasteiger partial charge in [-0.3, -0.25) is 9.78 Å². The van der Waals surface area contributed by atoms with E-state index < -0.39 is 0 Å². The zero-order chi connectivity index (χ0) is 16.8. The molecular formula is C19H23N3O2. The number of nitrogens with zero attached hydrogens (tertiary/aromatic N) is 2. The fourth-order valence-electron chi connectivity index (χ4n) is 3.28. The molecule has 0 radical (unpaired) electrons. The summed E-state index contributed by atoms with van der Waals surface area (Å²) in [5.74, 6) is 0.765. The van der Waals surface area contributed by atoms with E-state index in [0.717, 1.165) is 6.42 Å². The fraction of sp³-hybridized carbons (Fsp3) is 0.421. The SMILES string of the molecule is CC[C@H](Oc1ncccc1C(=O)Nc1ccncc1)C1CCCC1. The molecule has 0 aromatic carbocycles. The molecule has 2 aromatic rings. The van der Waals surface area contributed by atoms with Crippen LogP contribution in [-0.4, -0.2) is 22.0 Å². The largest absolute Gasteiger partial charge is 0.474 e. The number of amides is 1. The van der Waals surface area contributed by atoms with Gasteiger partial charge in [0.05, 0.1) is 0 Å². The maximum atomic E-state index is 12.6. The predicted molar refractivity (Wildman–Crippen MR) is 93.1 cm³/mol. The van der Waals surface area contributed by atoms with E-state index in [1.165, 1.54) is 25.7 Å². The number of hydrogen-bond donors (Lipinski definition) is 1. The molecular weight excluding hydrogens is 302 g/mol. The van der Waals surface area contributed by atoms with Crippen LogP contribution in [0.3, 0.4) is 0 Å². The molecule has 0 unspecified atom stereocenters. The van der Waals surface area contributed by atoms with Crippen LogP contribution in [0.2, 0.25) is 0 Å². The first-order valence-electron chi connectivity index (χ1n) is 8.61. The van der Waals surface area contributed by atoms with Crippen molar-refractivity contribution in [1.82, 2.24) is 9.97 Å². The summed E-state index contributed by atoms with van der Waals surface area (Å²) in [4.78, 5) is 20.8. The van der Waals surface area contributed by atoms with Crippen LogP contribution in [0, 0.1) is 5.92 Å².